The molecule has 1 saturated heterocycles. The Balaban J connectivity index is 1.47. The number of carbonyl (C=O) groups excluding carboxylic acids is 2. The molecule has 11 heteroatoms. The van der Waals surface area contributed by atoms with Crippen LogP contribution in [0.2, 0.25) is 0 Å². The molecule has 1 aromatic carbocycles. The van der Waals surface area contributed by atoms with Crippen molar-refractivity contribution in [2.24, 2.45) is 5.16 Å². The predicted octanol–water partition coefficient (Wildman–Crippen LogP) is 1.20. The molecule has 1 fully saturated rings. The normalized spacial score (nSPS) is 19.2. The van der Waals surface area contributed by atoms with Crippen LogP contribution in [0.1, 0.15) is 19.0 Å². The molecule has 3 heterocycles. The Morgan fingerprint density at radius 3 is 2.70 bits per heavy atom. The van der Waals surface area contributed by atoms with Crippen molar-refractivity contribution in [3.63, 3.8) is 0 Å². The van der Waals surface area contributed by atoms with Crippen LogP contribution in [0.4, 0.5) is 14.9 Å². The van der Waals surface area contributed by atoms with Gasteiger partial charge in [-0.25, -0.2) is 9.18 Å². The van der Waals surface area contributed by atoms with E-state index in [1.165, 1.54) is 24.1 Å². The maximum atomic E-state index is 14.9. The predicted molar refractivity (Wildman–Crippen MR) is 115 cm³/mol. The summed E-state index contributed by atoms with van der Waals surface area (Å²) in [6, 6.07) is 7.74. The van der Waals surface area contributed by atoms with Crippen molar-refractivity contribution in [1.29, 1.82) is 0 Å². The zero-order valence-corrected chi connectivity index (χ0v) is 17.8. The van der Waals surface area contributed by atoms with Crippen LogP contribution in [0.5, 0.6) is 0 Å². The third-order valence-electron chi connectivity index (χ3n) is 5.50. The van der Waals surface area contributed by atoms with Gasteiger partial charge in [0.15, 0.2) is 5.60 Å². The van der Waals surface area contributed by atoms with E-state index in [4.69, 9.17) is 9.57 Å². The average Bonchev–Trinajstić information content (AvgIpc) is 3.42. The molecule has 2 aromatic rings. The van der Waals surface area contributed by atoms with Gasteiger partial charge in [0.2, 0.25) is 5.91 Å². The van der Waals surface area contributed by atoms with Crippen LogP contribution in [0.25, 0.3) is 11.1 Å². The third kappa shape index (κ3) is 4.64. The second-order valence-corrected chi connectivity index (χ2v) is 7.96. The van der Waals surface area contributed by atoms with E-state index in [9.17, 15) is 24.2 Å². The molecule has 10 nitrogen and oxygen atoms in total. The van der Waals surface area contributed by atoms with Crippen LogP contribution < -0.4 is 10.2 Å². The SMILES string of the molecule is CC(=O)NCC1CN(c2ccc(-c3ccc(C4=NOC(CO)(CO)C4)nc3)c(F)c2)C(=O)O1. The molecule has 2 amide bonds. The third-order valence-corrected chi connectivity index (χ3v) is 5.50. The molecule has 33 heavy (non-hydrogen) atoms. The first-order valence-electron chi connectivity index (χ1n) is 10.3. The number of halogens is 1. The molecule has 0 bridgehead atoms. The summed E-state index contributed by atoms with van der Waals surface area (Å²) in [5.74, 6) is -0.769. The fraction of sp³-hybridized carbons (Fsp3) is 0.364. The van der Waals surface area contributed by atoms with E-state index in [2.05, 4.69) is 15.5 Å². The summed E-state index contributed by atoms with van der Waals surface area (Å²) in [6.45, 7) is 0.984. The molecule has 4 rings (SSSR count). The number of cyclic esters (lactones) is 1. The lowest BCUT2D eigenvalue weighted by atomic mass is 9.97. The van der Waals surface area contributed by atoms with Crippen LogP contribution in [-0.2, 0) is 14.4 Å². The van der Waals surface area contributed by atoms with Crippen molar-refractivity contribution < 1.29 is 33.8 Å². The van der Waals surface area contributed by atoms with Gasteiger partial charge in [-0.1, -0.05) is 11.2 Å². The number of amides is 2. The lowest BCUT2D eigenvalue weighted by Gasteiger charge is -2.20. The van der Waals surface area contributed by atoms with Crippen molar-refractivity contribution in [3.05, 3.63) is 48.0 Å². The molecule has 1 aromatic heterocycles. The number of nitrogens with one attached hydrogen (secondary N) is 1. The van der Waals surface area contributed by atoms with E-state index < -0.39 is 23.6 Å². The minimum absolute atomic E-state index is 0.185. The Morgan fingerprint density at radius 1 is 1.30 bits per heavy atom. The van der Waals surface area contributed by atoms with Gasteiger partial charge in [0.1, 0.15) is 17.6 Å². The molecular weight excluding hydrogens is 435 g/mol. The van der Waals surface area contributed by atoms with Gasteiger partial charge in [0, 0.05) is 30.7 Å². The highest BCUT2D eigenvalue weighted by Gasteiger charge is 2.39. The molecular formula is C22H23FN4O6. The Hall–Kier alpha value is -3.57. The fourth-order valence-corrected chi connectivity index (χ4v) is 3.60. The molecule has 0 radical (unpaired) electrons. The summed E-state index contributed by atoms with van der Waals surface area (Å²) < 4.78 is 20.1. The van der Waals surface area contributed by atoms with E-state index in [-0.39, 0.29) is 38.6 Å². The van der Waals surface area contributed by atoms with Crippen LogP contribution in [0.3, 0.4) is 0 Å². The molecule has 3 N–H and O–H groups in total. The highest BCUT2D eigenvalue weighted by molar-refractivity contribution is 6.00. The number of oxime groups is 1. The zero-order valence-electron chi connectivity index (χ0n) is 17.8. The van der Waals surface area contributed by atoms with Crippen LogP contribution in [0.15, 0.2) is 41.7 Å². The highest BCUT2D eigenvalue weighted by atomic mass is 19.1. The van der Waals surface area contributed by atoms with E-state index in [0.717, 1.165) is 0 Å². The van der Waals surface area contributed by atoms with E-state index in [1.54, 1.807) is 24.3 Å². The minimum Gasteiger partial charge on any atom is -0.442 e. The average molecular weight is 458 g/mol. The standard InChI is InChI=1S/C22H23FN4O6/c1-13(30)24-9-16-10-27(21(31)32-16)15-3-4-17(18(23)6-15)14-2-5-19(25-8-14)20-7-22(11-28,12-29)33-26-20/h2-6,8,16,28-29H,7,9-12H2,1H3,(H,24,30). The summed E-state index contributed by atoms with van der Waals surface area (Å²) in [6.07, 6.45) is 0.565. The zero-order chi connectivity index (χ0) is 23.6. The smallest absolute Gasteiger partial charge is 0.414 e. The lowest BCUT2D eigenvalue weighted by molar-refractivity contribution is -0.119. The van der Waals surface area contributed by atoms with Crippen LogP contribution in [0, 0.1) is 5.82 Å². The quantitative estimate of drug-likeness (QED) is 0.568. The minimum atomic E-state index is -1.16. The Morgan fingerprint density at radius 2 is 2.09 bits per heavy atom. The maximum Gasteiger partial charge on any atom is 0.414 e. The number of nitrogens with zero attached hydrogens (tertiary/aromatic N) is 3. The summed E-state index contributed by atoms with van der Waals surface area (Å²) in [4.78, 5) is 34.0. The van der Waals surface area contributed by atoms with Gasteiger partial charge in [-0.2, -0.15) is 0 Å². The summed E-state index contributed by atoms with van der Waals surface area (Å²) in [5.41, 5.74) is 0.967. The van der Waals surface area contributed by atoms with Crippen molar-refractivity contribution in [2.45, 2.75) is 25.0 Å². The number of hydrogen-bond acceptors (Lipinski definition) is 8. The second-order valence-electron chi connectivity index (χ2n) is 7.96. The fourth-order valence-electron chi connectivity index (χ4n) is 3.60. The first-order valence-corrected chi connectivity index (χ1v) is 10.3. The van der Waals surface area contributed by atoms with Gasteiger partial charge in [0.25, 0.3) is 0 Å². The number of benzene rings is 1. The van der Waals surface area contributed by atoms with Gasteiger partial charge in [-0.15, -0.1) is 0 Å². The van der Waals surface area contributed by atoms with E-state index in [1.807, 2.05) is 0 Å². The van der Waals surface area contributed by atoms with Gasteiger partial charge in [-0.05, 0) is 24.3 Å². The molecule has 2 aliphatic rings. The number of aliphatic hydroxyl groups is 2. The second kappa shape index (κ2) is 9.12. The topological polar surface area (TPSA) is 134 Å². The van der Waals surface area contributed by atoms with Crippen LogP contribution >= 0.6 is 0 Å². The van der Waals surface area contributed by atoms with E-state index in [0.29, 0.717) is 28.2 Å². The summed E-state index contributed by atoms with van der Waals surface area (Å²) in [7, 11) is 0. The number of anilines is 1. The lowest BCUT2D eigenvalue weighted by Crippen LogP contribution is -2.37. The highest BCUT2D eigenvalue weighted by Crippen LogP contribution is 2.30. The van der Waals surface area contributed by atoms with Crippen molar-refractivity contribution in [2.75, 3.05) is 31.2 Å². The Labute approximate surface area is 188 Å². The van der Waals surface area contributed by atoms with Crippen molar-refractivity contribution >= 4 is 23.4 Å². The number of aromatic nitrogens is 1. The number of carbonyl (C=O) groups is 2. The van der Waals surface area contributed by atoms with Gasteiger partial charge < -0.3 is 25.1 Å². The number of hydrogen-bond donors (Lipinski definition) is 3. The number of aliphatic hydroxyl groups excluding tert-OH is 2. The molecule has 174 valence electrons. The van der Waals surface area contributed by atoms with Crippen molar-refractivity contribution in [3.8, 4) is 11.1 Å². The molecule has 0 spiro atoms. The van der Waals surface area contributed by atoms with Crippen molar-refractivity contribution in [1.82, 2.24) is 10.3 Å². The molecule has 1 atom stereocenters. The number of pyridine rings is 1. The van der Waals surface area contributed by atoms with Gasteiger partial charge in [-0.3, -0.25) is 14.7 Å². The largest absolute Gasteiger partial charge is 0.442 e. The van der Waals surface area contributed by atoms with E-state index >= 15 is 0 Å². The monoisotopic (exact) mass is 458 g/mol. The first-order chi connectivity index (χ1) is 15.8. The number of ether oxygens (including phenoxy) is 1. The molecule has 0 aliphatic carbocycles. The molecule has 0 saturated carbocycles. The number of rotatable bonds is 7. The maximum absolute atomic E-state index is 14.9. The molecule has 2 aliphatic heterocycles. The summed E-state index contributed by atoms with van der Waals surface area (Å²) >= 11 is 0. The summed E-state index contributed by atoms with van der Waals surface area (Å²) in [5, 5.41) is 25.3. The Kier molecular flexibility index (Phi) is 6.25. The van der Waals surface area contributed by atoms with Gasteiger partial charge >= 0.3 is 6.09 Å². The Bertz CT molecular complexity index is 1090. The molecule has 1 unspecified atom stereocenters. The van der Waals surface area contributed by atoms with Gasteiger partial charge in [0.05, 0.1) is 37.7 Å². The van der Waals surface area contributed by atoms with Crippen LogP contribution in [-0.4, -0.2) is 70.9 Å². The first kappa shape index (κ1) is 22.6.